The molecule has 0 aliphatic heterocycles. The van der Waals surface area contributed by atoms with Crippen LogP contribution in [0.4, 0.5) is 0 Å². The maximum atomic E-state index is 2.56. The van der Waals surface area contributed by atoms with Gasteiger partial charge in [0.25, 0.3) is 0 Å². The molecule has 0 saturated heterocycles. The summed E-state index contributed by atoms with van der Waals surface area (Å²) in [7, 11) is 0. The smallest absolute Gasteiger partial charge is 1.00 e. The van der Waals surface area contributed by atoms with Crippen LogP contribution in [0.1, 0.15) is 53.3 Å². The number of fused-ring (bicyclic) bond motifs is 3. The molecule has 3 heteroatoms. The molecule has 194 valence electrons. The molecule has 0 radical (unpaired) electrons. The second-order valence-corrected chi connectivity index (χ2v) is 17.4. The van der Waals surface area contributed by atoms with Crippen molar-refractivity contribution in [3.63, 3.8) is 0 Å². The van der Waals surface area contributed by atoms with Crippen molar-refractivity contribution in [1.82, 2.24) is 0 Å². The summed E-state index contributed by atoms with van der Waals surface area (Å²) in [4.78, 5) is 0. The van der Waals surface area contributed by atoms with E-state index in [1.165, 1.54) is 71.9 Å². The van der Waals surface area contributed by atoms with Crippen molar-refractivity contribution in [2.75, 3.05) is 0 Å². The van der Waals surface area contributed by atoms with E-state index in [9.17, 15) is 0 Å². The fourth-order valence-corrected chi connectivity index (χ4v) is 16.1. The molecule has 0 nitrogen and oxygen atoms in total. The summed E-state index contributed by atoms with van der Waals surface area (Å²) in [5, 5.41) is 0. The van der Waals surface area contributed by atoms with Gasteiger partial charge >= 0.3 is 230 Å². The molecular weight excluding hydrogens is 595 g/mol. The Hall–Kier alpha value is -2.31. The topological polar surface area (TPSA) is 0 Å². The minimum absolute atomic E-state index is 0. The van der Waals surface area contributed by atoms with Crippen LogP contribution in [-0.2, 0) is 21.3 Å². The van der Waals surface area contributed by atoms with Crippen LogP contribution in [0.5, 0.6) is 0 Å². The van der Waals surface area contributed by atoms with Gasteiger partial charge in [0.1, 0.15) is 0 Å². The van der Waals surface area contributed by atoms with Crippen molar-refractivity contribution >= 4 is 3.21 Å². The molecule has 0 atom stereocenters. The van der Waals surface area contributed by atoms with Gasteiger partial charge in [-0.15, -0.1) is 0 Å². The van der Waals surface area contributed by atoms with Crippen molar-refractivity contribution in [3.05, 3.63) is 130 Å². The van der Waals surface area contributed by atoms with Crippen LogP contribution in [0.3, 0.4) is 0 Å². The van der Waals surface area contributed by atoms with Crippen molar-refractivity contribution < 1.29 is 46.1 Å². The van der Waals surface area contributed by atoms with Crippen molar-refractivity contribution in [1.29, 1.82) is 0 Å². The molecule has 4 aromatic carbocycles. The van der Waals surface area contributed by atoms with Gasteiger partial charge < -0.3 is 24.8 Å². The first-order valence-corrected chi connectivity index (χ1v) is 17.7. The van der Waals surface area contributed by atoms with E-state index in [-0.39, 0.29) is 24.8 Å². The zero-order valence-corrected chi connectivity index (χ0v) is 26.0. The average molecular weight is 627 g/mol. The maximum absolute atomic E-state index is 2.56. The summed E-state index contributed by atoms with van der Waals surface area (Å²) in [6.45, 7) is 0. The van der Waals surface area contributed by atoms with Crippen LogP contribution < -0.4 is 24.8 Å². The van der Waals surface area contributed by atoms with Gasteiger partial charge in [0, 0.05) is 0 Å². The quantitative estimate of drug-likeness (QED) is 0.324. The number of allylic oxidation sites excluding steroid dienone is 4. The molecule has 3 aliphatic rings. The van der Waals surface area contributed by atoms with E-state index in [1.807, 2.05) is 3.21 Å². The van der Waals surface area contributed by atoms with Gasteiger partial charge in [-0.05, 0) is 0 Å². The third kappa shape index (κ3) is 5.39. The van der Waals surface area contributed by atoms with Gasteiger partial charge in [0.2, 0.25) is 0 Å². The first-order chi connectivity index (χ1) is 18.4. The standard InChI is InChI=1S/C25H17.C6H10.C5H5.2ClH.Zr/c1-3-7-18(8-4-1)20-11-13-24-22(15-20)17-23-16-21(12-14-25(23)24)19-9-5-2-6-10-19;1-2-4-6-5-3-1;1-2-4-5-3-1;;;/h1-17H;1-5H2;1-3H,4H2;2*1H;/q;;;;;+2/p-2. The molecule has 0 spiro atoms. The number of halogens is 2. The van der Waals surface area contributed by atoms with Gasteiger partial charge in [-0.1, -0.05) is 0 Å². The van der Waals surface area contributed by atoms with Gasteiger partial charge in [0.05, 0.1) is 0 Å². The second kappa shape index (κ2) is 12.5. The van der Waals surface area contributed by atoms with Crippen LogP contribution in [0.2, 0.25) is 0 Å². The van der Waals surface area contributed by atoms with Gasteiger partial charge in [0.15, 0.2) is 0 Å². The molecule has 0 aromatic heterocycles. The van der Waals surface area contributed by atoms with Crippen LogP contribution >= 0.6 is 0 Å². The number of rotatable bonds is 4. The molecule has 0 N–H and O–H groups in total. The second-order valence-electron chi connectivity index (χ2n) is 10.7. The molecule has 0 unspecified atom stereocenters. The Morgan fingerprint density at radius 2 is 1.10 bits per heavy atom. The Morgan fingerprint density at radius 3 is 1.59 bits per heavy atom. The Morgan fingerprint density at radius 1 is 0.564 bits per heavy atom. The predicted octanol–water partition coefficient (Wildman–Crippen LogP) is 3.70. The number of hydrogen-bond acceptors (Lipinski definition) is 0. The molecular formula is C36H32Cl2Zr. The van der Waals surface area contributed by atoms with Crippen LogP contribution in [0, 0.1) is 0 Å². The van der Waals surface area contributed by atoms with Crippen LogP contribution in [0.15, 0.2) is 119 Å². The third-order valence-electron chi connectivity index (χ3n) is 8.47. The van der Waals surface area contributed by atoms with Gasteiger partial charge in [-0.25, -0.2) is 0 Å². The SMILES string of the molecule is C1=CC[C]([Zr+2](=[C]2CCCCC2)[CH]2c3cc(-c4ccccc4)ccc3-c3ccc(-c4ccccc4)cc32)=C1.[Cl-].[Cl-]. The monoisotopic (exact) mass is 624 g/mol. The molecule has 3 aliphatic carbocycles. The van der Waals surface area contributed by atoms with Crippen LogP contribution in [0.25, 0.3) is 33.4 Å². The molecule has 1 fully saturated rings. The fraction of sp³-hybridized carbons (Fsp3) is 0.194. The van der Waals surface area contributed by atoms with Gasteiger partial charge in [-0.2, -0.15) is 0 Å². The number of hydrogen-bond donors (Lipinski definition) is 0. The largest absolute Gasteiger partial charge is 1.00 e. The van der Waals surface area contributed by atoms with E-state index < -0.39 is 21.3 Å². The van der Waals surface area contributed by atoms with E-state index in [2.05, 4.69) is 115 Å². The van der Waals surface area contributed by atoms with E-state index in [1.54, 1.807) is 14.4 Å². The molecule has 4 aromatic rings. The molecule has 39 heavy (non-hydrogen) atoms. The van der Waals surface area contributed by atoms with E-state index in [4.69, 9.17) is 0 Å². The van der Waals surface area contributed by atoms with Gasteiger partial charge in [-0.3, -0.25) is 0 Å². The first-order valence-electron chi connectivity index (χ1n) is 13.8. The predicted molar refractivity (Wildman–Crippen MR) is 155 cm³/mol. The molecule has 0 amide bonds. The average Bonchev–Trinajstić information content (AvgIpc) is 3.62. The zero-order chi connectivity index (χ0) is 24.6. The Kier molecular flexibility index (Phi) is 9.03. The van der Waals surface area contributed by atoms with Crippen molar-refractivity contribution in [2.24, 2.45) is 0 Å². The summed E-state index contributed by atoms with van der Waals surface area (Å²) in [6.07, 6.45) is 15.3. The normalized spacial score (nSPS) is 15.4. The van der Waals surface area contributed by atoms with Crippen molar-refractivity contribution in [3.8, 4) is 33.4 Å². The minimum atomic E-state index is -2.19. The summed E-state index contributed by atoms with van der Waals surface area (Å²) in [6, 6.07) is 36.6. The molecule has 1 saturated carbocycles. The fourth-order valence-electron chi connectivity index (χ4n) is 6.70. The number of benzene rings is 4. The summed E-state index contributed by atoms with van der Waals surface area (Å²) in [5.41, 5.74) is 11.5. The summed E-state index contributed by atoms with van der Waals surface area (Å²) < 4.78 is 4.35. The first kappa shape index (κ1) is 28.2. The van der Waals surface area contributed by atoms with Crippen LogP contribution in [-0.4, -0.2) is 3.21 Å². The van der Waals surface area contributed by atoms with E-state index >= 15 is 0 Å². The van der Waals surface area contributed by atoms with E-state index in [0.29, 0.717) is 3.63 Å². The maximum Gasteiger partial charge on any atom is -1.00 e. The van der Waals surface area contributed by atoms with E-state index in [0.717, 1.165) is 0 Å². The summed E-state index contributed by atoms with van der Waals surface area (Å²) in [5.74, 6) is 0. The Labute approximate surface area is 252 Å². The Bertz CT molecular complexity index is 1470. The molecule has 7 rings (SSSR count). The minimum Gasteiger partial charge on any atom is -1.00 e. The third-order valence-corrected chi connectivity index (χ3v) is 17.1. The molecule has 0 bridgehead atoms. The Balaban J connectivity index is 0.00000154. The zero-order valence-electron chi connectivity index (χ0n) is 22.0. The summed E-state index contributed by atoms with van der Waals surface area (Å²) >= 11 is -2.19. The van der Waals surface area contributed by atoms with Crippen molar-refractivity contribution in [2.45, 2.75) is 42.2 Å². The molecule has 0 heterocycles.